The minimum Gasteiger partial charge on any atom is -0.493 e. The van der Waals surface area contributed by atoms with Gasteiger partial charge in [-0.2, -0.15) is 8.78 Å². The first-order valence-corrected chi connectivity index (χ1v) is 9.49. The predicted molar refractivity (Wildman–Crippen MR) is 125 cm³/mol. The van der Waals surface area contributed by atoms with Crippen molar-refractivity contribution in [1.29, 1.82) is 0 Å². The fourth-order valence-corrected chi connectivity index (χ4v) is 2.50. The zero-order valence-corrected chi connectivity index (χ0v) is 20.8. The molecule has 172 valence electrons. The number of amides is 1. The van der Waals surface area contributed by atoms with Crippen molar-refractivity contribution in [1.82, 2.24) is 15.5 Å². The van der Waals surface area contributed by atoms with Crippen LogP contribution in [0.2, 0.25) is 0 Å². The van der Waals surface area contributed by atoms with E-state index >= 15 is 0 Å². The number of halogens is 3. The Morgan fingerprint density at radius 2 is 1.97 bits per heavy atom. The molecule has 1 amide bonds. The van der Waals surface area contributed by atoms with Gasteiger partial charge in [0.25, 0.3) is 0 Å². The van der Waals surface area contributed by atoms with Crippen LogP contribution in [0.5, 0.6) is 11.5 Å². The summed E-state index contributed by atoms with van der Waals surface area (Å²) in [6.45, 7) is 5.48. The summed E-state index contributed by atoms with van der Waals surface area (Å²) in [4.78, 5) is 17.9. The topological polar surface area (TPSA) is 75.2 Å². The Hall–Kier alpha value is -1.85. The van der Waals surface area contributed by atoms with Gasteiger partial charge in [0.1, 0.15) is 11.5 Å². The van der Waals surface area contributed by atoms with Gasteiger partial charge >= 0.3 is 6.61 Å². The van der Waals surface area contributed by atoms with Gasteiger partial charge in [-0.15, -0.1) is 24.0 Å². The van der Waals surface area contributed by atoms with Crippen LogP contribution in [-0.4, -0.2) is 56.2 Å². The van der Waals surface area contributed by atoms with E-state index in [1.165, 1.54) is 6.07 Å². The zero-order valence-electron chi connectivity index (χ0n) is 18.4. The number of ether oxygens (including phenoxy) is 2. The average Bonchev–Trinajstić information content (AvgIpc) is 2.59. The maximum absolute atomic E-state index is 12.8. The molecule has 2 N–H and O–H groups in total. The molecule has 0 unspecified atom stereocenters. The van der Waals surface area contributed by atoms with Gasteiger partial charge in [0, 0.05) is 37.8 Å². The Morgan fingerprint density at radius 1 is 1.30 bits per heavy atom. The highest BCUT2D eigenvalue weighted by atomic mass is 127. The van der Waals surface area contributed by atoms with E-state index in [4.69, 9.17) is 4.74 Å². The summed E-state index contributed by atoms with van der Waals surface area (Å²) in [7, 11) is 3.30. The largest absolute Gasteiger partial charge is 0.493 e. The lowest BCUT2D eigenvalue weighted by molar-refractivity contribution is -0.122. The maximum atomic E-state index is 12.8. The number of nitrogens with one attached hydrogen (secondary N) is 2. The fraction of sp³-hybridized carbons (Fsp3) is 0.600. The van der Waals surface area contributed by atoms with Crippen molar-refractivity contribution in [3.63, 3.8) is 0 Å². The second-order valence-electron chi connectivity index (χ2n) is 7.55. The second-order valence-corrected chi connectivity index (χ2v) is 7.55. The summed E-state index contributed by atoms with van der Waals surface area (Å²) in [5.41, 5.74) is 0.181. The summed E-state index contributed by atoms with van der Waals surface area (Å²) in [6.07, 6.45) is 0.805. The highest BCUT2D eigenvalue weighted by molar-refractivity contribution is 14.0. The van der Waals surface area contributed by atoms with Crippen molar-refractivity contribution in [3.8, 4) is 11.5 Å². The van der Waals surface area contributed by atoms with Gasteiger partial charge in [0.05, 0.1) is 13.2 Å². The number of aliphatic imine (C=N–C) groups is 1. The lowest BCUT2D eigenvalue weighted by Gasteiger charge is -2.25. The van der Waals surface area contributed by atoms with Crippen LogP contribution in [0.15, 0.2) is 23.2 Å². The number of carbonyl (C=O) groups is 1. The van der Waals surface area contributed by atoms with Crippen LogP contribution in [0.4, 0.5) is 8.78 Å². The van der Waals surface area contributed by atoms with E-state index in [1.54, 1.807) is 31.1 Å². The molecule has 1 aromatic carbocycles. The first-order chi connectivity index (χ1) is 13.6. The molecule has 30 heavy (non-hydrogen) atoms. The Kier molecular flexibility index (Phi) is 12.6. The van der Waals surface area contributed by atoms with Crippen molar-refractivity contribution < 1.29 is 23.0 Å². The van der Waals surface area contributed by atoms with Crippen LogP contribution in [0.25, 0.3) is 0 Å². The molecule has 10 heteroatoms. The third-order valence-electron chi connectivity index (χ3n) is 3.63. The molecule has 7 nitrogen and oxygen atoms in total. The Morgan fingerprint density at radius 3 is 2.50 bits per heavy atom. The first kappa shape index (κ1) is 28.1. The molecule has 0 fully saturated rings. The first-order valence-electron chi connectivity index (χ1n) is 9.49. The third-order valence-corrected chi connectivity index (χ3v) is 3.63. The van der Waals surface area contributed by atoms with Crippen LogP contribution in [-0.2, 0) is 11.3 Å². The second kappa shape index (κ2) is 13.5. The van der Waals surface area contributed by atoms with E-state index in [-0.39, 0.29) is 54.3 Å². The van der Waals surface area contributed by atoms with Crippen molar-refractivity contribution in [2.24, 2.45) is 4.99 Å². The van der Waals surface area contributed by atoms with Crippen LogP contribution >= 0.6 is 24.0 Å². The molecule has 1 aromatic rings. The summed E-state index contributed by atoms with van der Waals surface area (Å²) in [6, 6.07) is 4.81. The van der Waals surface area contributed by atoms with Crippen LogP contribution in [0.3, 0.4) is 0 Å². The van der Waals surface area contributed by atoms with Crippen LogP contribution in [0, 0.1) is 0 Å². The van der Waals surface area contributed by atoms with Crippen LogP contribution in [0.1, 0.15) is 39.7 Å². The minimum absolute atomic E-state index is 0. The van der Waals surface area contributed by atoms with Gasteiger partial charge in [-0.3, -0.25) is 9.79 Å². The maximum Gasteiger partial charge on any atom is 0.387 e. The number of guanidine groups is 1. The molecule has 0 aliphatic rings. The summed E-state index contributed by atoms with van der Waals surface area (Å²) < 4.78 is 35.7. The Balaban J connectivity index is 0.00000841. The van der Waals surface area contributed by atoms with Gasteiger partial charge < -0.3 is 25.0 Å². The highest BCUT2D eigenvalue weighted by Gasteiger charge is 2.17. The smallest absolute Gasteiger partial charge is 0.387 e. The minimum atomic E-state index is -2.95. The number of nitrogens with zero attached hydrogens (tertiary/aromatic N) is 2. The monoisotopic (exact) mass is 542 g/mol. The third kappa shape index (κ3) is 10.8. The van der Waals surface area contributed by atoms with Crippen molar-refractivity contribution in [2.75, 3.05) is 27.2 Å². The normalized spacial score (nSPS) is 11.6. The van der Waals surface area contributed by atoms with Gasteiger partial charge in [-0.1, -0.05) is 6.92 Å². The number of benzene rings is 1. The van der Waals surface area contributed by atoms with E-state index < -0.39 is 6.61 Å². The molecule has 0 aliphatic carbocycles. The number of rotatable bonds is 9. The van der Waals surface area contributed by atoms with Crippen LogP contribution < -0.4 is 20.1 Å². The van der Waals surface area contributed by atoms with E-state index in [2.05, 4.69) is 20.4 Å². The van der Waals surface area contributed by atoms with Gasteiger partial charge in [-0.05, 0) is 39.3 Å². The molecular formula is C20H33F2IN4O3. The molecule has 1 rings (SSSR count). The highest BCUT2D eigenvalue weighted by Crippen LogP contribution is 2.26. The van der Waals surface area contributed by atoms with E-state index in [1.807, 2.05) is 27.7 Å². The number of hydrogen-bond donors (Lipinski definition) is 2. The molecule has 0 saturated heterocycles. The molecule has 0 aromatic heterocycles. The SMILES string of the molecule is CCCOc1ccc(CNC(=NC)N(C)CC(=O)NC(C)(C)C)c(OC(F)F)c1.I. The number of alkyl halides is 2. The van der Waals surface area contributed by atoms with E-state index in [0.29, 0.717) is 23.9 Å². The molecule has 0 atom stereocenters. The van der Waals surface area contributed by atoms with E-state index in [0.717, 1.165) is 6.42 Å². The fourth-order valence-electron chi connectivity index (χ4n) is 2.50. The zero-order chi connectivity index (χ0) is 22.0. The number of carbonyl (C=O) groups excluding carboxylic acids is 1. The molecule has 0 aliphatic heterocycles. The van der Waals surface area contributed by atoms with Crippen molar-refractivity contribution in [3.05, 3.63) is 23.8 Å². The molecular weight excluding hydrogens is 509 g/mol. The quantitative estimate of drug-likeness (QED) is 0.284. The standard InChI is InChI=1S/C20H32F2N4O3.HI/c1-7-10-28-15-9-8-14(16(11-15)29-18(21)22)12-24-19(23-5)26(6)13-17(27)25-20(2,3)4;/h8-9,11,18H,7,10,12-13H2,1-6H3,(H,23,24)(H,25,27);1H. The molecule has 0 saturated carbocycles. The van der Waals surface area contributed by atoms with E-state index in [9.17, 15) is 13.6 Å². The lowest BCUT2D eigenvalue weighted by Crippen LogP contribution is -2.48. The molecule has 0 spiro atoms. The van der Waals surface area contributed by atoms with Crippen molar-refractivity contribution in [2.45, 2.75) is 52.8 Å². The summed E-state index contributed by atoms with van der Waals surface area (Å²) in [5, 5.41) is 5.94. The van der Waals surface area contributed by atoms with Gasteiger partial charge in [0.2, 0.25) is 5.91 Å². The van der Waals surface area contributed by atoms with Gasteiger partial charge in [-0.25, -0.2) is 0 Å². The number of likely N-dealkylation sites (N-methyl/N-ethyl adjacent to an activating group) is 1. The summed E-state index contributed by atoms with van der Waals surface area (Å²) >= 11 is 0. The van der Waals surface area contributed by atoms with Crippen molar-refractivity contribution >= 4 is 35.8 Å². The molecule has 0 heterocycles. The summed E-state index contributed by atoms with van der Waals surface area (Å²) in [5.74, 6) is 0.793. The number of hydrogen-bond acceptors (Lipinski definition) is 4. The Labute approximate surface area is 194 Å². The lowest BCUT2D eigenvalue weighted by atomic mass is 10.1. The molecule has 0 bridgehead atoms. The average molecular weight is 542 g/mol. The van der Waals surface area contributed by atoms with Gasteiger partial charge in [0.15, 0.2) is 5.96 Å². The molecule has 0 radical (unpaired) electrons. The Bertz CT molecular complexity index is 697. The predicted octanol–water partition coefficient (Wildman–Crippen LogP) is 3.62.